The molecule has 1 unspecified atom stereocenters. The second-order valence-corrected chi connectivity index (χ2v) is 3.82. The first-order valence-corrected chi connectivity index (χ1v) is 5.22. The van der Waals surface area contributed by atoms with Crippen LogP contribution in [-0.2, 0) is 13.2 Å². The molecular weight excluding hydrogens is 206 g/mol. The number of para-hydroxylation sites is 1. The lowest BCUT2D eigenvalue weighted by molar-refractivity contribution is 0.0821. The second kappa shape index (κ2) is 4.65. The molecule has 1 aromatic heterocycles. The summed E-state index contributed by atoms with van der Waals surface area (Å²) in [5, 5.41) is 28.4. The molecule has 0 aliphatic carbocycles. The number of benzene rings is 1. The van der Waals surface area contributed by atoms with Crippen molar-refractivity contribution in [1.29, 1.82) is 0 Å². The number of rotatable bonds is 4. The van der Waals surface area contributed by atoms with Gasteiger partial charge in [0.25, 0.3) is 0 Å². The zero-order valence-electron chi connectivity index (χ0n) is 8.87. The Balaban J connectivity index is 2.45. The summed E-state index contributed by atoms with van der Waals surface area (Å²) in [6, 6.07) is 7.68. The maximum absolute atomic E-state index is 9.42. The predicted molar refractivity (Wildman–Crippen MR) is 61.0 cm³/mol. The molecule has 86 valence electrons. The first-order chi connectivity index (χ1) is 7.76. The van der Waals surface area contributed by atoms with Crippen LogP contribution < -0.4 is 0 Å². The quantitative estimate of drug-likeness (QED) is 0.704. The fourth-order valence-corrected chi connectivity index (χ4v) is 1.88. The van der Waals surface area contributed by atoms with E-state index in [1.165, 1.54) is 0 Å². The highest BCUT2D eigenvalue weighted by Gasteiger charge is 2.09. The Hall–Kier alpha value is -1.36. The van der Waals surface area contributed by atoms with Gasteiger partial charge in [0.15, 0.2) is 0 Å². The highest BCUT2D eigenvalue weighted by molar-refractivity contribution is 5.83. The van der Waals surface area contributed by atoms with Crippen molar-refractivity contribution in [3.8, 4) is 0 Å². The molecular formula is C12H15NO3. The summed E-state index contributed by atoms with van der Waals surface area (Å²) in [5.74, 6) is 0. The van der Waals surface area contributed by atoms with E-state index in [0.29, 0.717) is 6.54 Å². The molecule has 0 radical (unpaired) electrons. The standard InChI is InChI=1S/C12H15NO3/c14-7-9-5-13(6-10(16)8-15)12-4-2-1-3-11(9)12/h1-5,10,14-16H,6-8H2. The van der Waals surface area contributed by atoms with Gasteiger partial charge in [-0.2, -0.15) is 0 Å². The van der Waals surface area contributed by atoms with E-state index in [2.05, 4.69) is 0 Å². The fraction of sp³-hybridized carbons (Fsp3) is 0.333. The molecule has 0 aliphatic rings. The number of hydrogen-bond acceptors (Lipinski definition) is 3. The molecule has 4 nitrogen and oxygen atoms in total. The van der Waals surface area contributed by atoms with Gasteiger partial charge in [0, 0.05) is 22.7 Å². The zero-order chi connectivity index (χ0) is 11.5. The van der Waals surface area contributed by atoms with Crippen LogP contribution in [0, 0.1) is 0 Å². The summed E-state index contributed by atoms with van der Waals surface area (Å²) in [6.07, 6.45) is 1.03. The topological polar surface area (TPSA) is 65.6 Å². The average molecular weight is 221 g/mol. The van der Waals surface area contributed by atoms with E-state index in [9.17, 15) is 10.2 Å². The minimum atomic E-state index is -0.776. The summed E-state index contributed by atoms with van der Waals surface area (Å²) in [4.78, 5) is 0. The van der Waals surface area contributed by atoms with Crippen molar-refractivity contribution >= 4 is 10.9 Å². The second-order valence-electron chi connectivity index (χ2n) is 3.82. The van der Waals surface area contributed by atoms with Gasteiger partial charge in [0.2, 0.25) is 0 Å². The van der Waals surface area contributed by atoms with Gasteiger partial charge in [0.1, 0.15) is 0 Å². The van der Waals surface area contributed by atoms with Gasteiger partial charge in [-0.25, -0.2) is 0 Å². The van der Waals surface area contributed by atoms with E-state index < -0.39 is 6.10 Å². The summed E-state index contributed by atoms with van der Waals surface area (Å²) in [6.45, 7) is 0.0424. The van der Waals surface area contributed by atoms with Crippen molar-refractivity contribution in [3.05, 3.63) is 36.0 Å². The van der Waals surface area contributed by atoms with Gasteiger partial charge in [0.05, 0.1) is 25.9 Å². The van der Waals surface area contributed by atoms with E-state index in [4.69, 9.17) is 5.11 Å². The number of nitrogens with zero attached hydrogens (tertiary/aromatic N) is 1. The summed E-state index contributed by atoms with van der Waals surface area (Å²) < 4.78 is 1.85. The van der Waals surface area contributed by atoms with Crippen LogP contribution in [0.3, 0.4) is 0 Å². The lowest BCUT2D eigenvalue weighted by Crippen LogP contribution is -2.19. The van der Waals surface area contributed by atoms with Gasteiger partial charge in [-0.15, -0.1) is 0 Å². The average Bonchev–Trinajstić information content (AvgIpc) is 2.68. The van der Waals surface area contributed by atoms with Crippen LogP contribution in [0.5, 0.6) is 0 Å². The van der Waals surface area contributed by atoms with Gasteiger partial charge < -0.3 is 19.9 Å². The molecule has 1 atom stereocenters. The Morgan fingerprint density at radius 2 is 1.94 bits per heavy atom. The van der Waals surface area contributed by atoms with Crippen LogP contribution >= 0.6 is 0 Å². The molecule has 16 heavy (non-hydrogen) atoms. The van der Waals surface area contributed by atoms with Gasteiger partial charge in [-0.05, 0) is 6.07 Å². The van der Waals surface area contributed by atoms with Crippen LogP contribution in [0.1, 0.15) is 5.56 Å². The number of aromatic nitrogens is 1. The highest BCUT2D eigenvalue weighted by Crippen LogP contribution is 2.21. The monoisotopic (exact) mass is 221 g/mol. The number of fused-ring (bicyclic) bond motifs is 1. The minimum absolute atomic E-state index is 0.0251. The third-order valence-electron chi connectivity index (χ3n) is 2.66. The van der Waals surface area contributed by atoms with Crippen molar-refractivity contribution < 1.29 is 15.3 Å². The van der Waals surface area contributed by atoms with Crippen LogP contribution in [0.15, 0.2) is 30.5 Å². The minimum Gasteiger partial charge on any atom is -0.394 e. The Bertz CT molecular complexity index is 478. The van der Waals surface area contributed by atoms with Crippen LogP contribution in [-0.4, -0.2) is 32.6 Å². The lowest BCUT2D eigenvalue weighted by atomic mass is 10.2. The van der Waals surface area contributed by atoms with Gasteiger partial charge >= 0.3 is 0 Å². The molecule has 1 aromatic carbocycles. The molecule has 0 saturated carbocycles. The van der Waals surface area contributed by atoms with E-state index in [-0.39, 0.29) is 13.2 Å². The van der Waals surface area contributed by atoms with Gasteiger partial charge in [-0.3, -0.25) is 0 Å². The number of hydrogen-bond donors (Lipinski definition) is 3. The number of aliphatic hydroxyl groups excluding tert-OH is 3. The third kappa shape index (κ3) is 1.95. The molecule has 3 N–H and O–H groups in total. The summed E-state index contributed by atoms with van der Waals surface area (Å²) >= 11 is 0. The van der Waals surface area contributed by atoms with E-state index in [1.807, 2.05) is 35.0 Å². The van der Waals surface area contributed by atoms with E-state index in [0.717, 1.165) is 16.5 Å². The first-order valence-electron chi connectivity index (χ1n) is 5.22. The van der Waals surface area contributed by atoms with E-state index in [1.54, 1.807) is 0 Å². The Morgan fingerprint density at radius 1 is 1.19 bits per heavy atom. The maximum Gasteiger partial charge on any atom is 0.0949 e. The normalized spacial score (nSPS) is 13.2. The van der Waals surface area contributed by atoms with Gasteiger partial charge in [-0.1, -0.05) is 18.2 Å². The predicted octanol–water partition coefficient (Wildman–Crippen LogP) is 0.487. The van der Waals surface area contributed by atoms with Crippen LogP contribution in [0.25, 0.3) is 10.9 Å². The van der Waals surface area contributed by atoms with Crippen molar-refractivity contribution in [2.75, 3.05) is 6.61 Å². The van der Waals surface area contributed by atoms with Crippen LogP contribution in [0.4, 0.5) is 0 Å². The Morgan fingerprint density at radius 3 is 2.62 bits per heavy atom. The van der Waals surface area contributed by atoms with Crippen LogP contribution in [0.2, 0.25) is 0 Å². The van der Waals surface area contributed by atoms with Crippen molar-refractivity contribution in [2.45, 2.75) is 19.3 Å². The molecule has 0 fully saturated rings. The molecule has 0 bridgehead atoms. The molecule has 2 aromatic rings. The fourth-order valence-electron chi connectivity index (χ4n) is 1.88. The molecule has 2 rings (SSSR count). The molecule has 0 aliphatic heterocycles. The van der Waals surface area contributed by atoms with E-state index >= 15 is 0 Å². The summed E-state index contributed by atoms with van der Waals surface area (Å²) in [7, 11) is 0. The lowest BCUT2D eigenvalue weighted by Gasteiger charge is -2.09. The Kier molecular flexibility index (Phi) is 3.24. The highest BCUT2D eigenvalue weighted by atomic mass is 16.3. The maximum atomic E-state index is 9.42. The SMILES string of the molecule is OCc1cn(CC(O)CO)c2ccccc12. The smallest absolute Gasteiger partial charge is 0.0949 e. The number of aliphatic hydroxyl groups is 3. The molecule has 0 saturated heterocycles. The molecule has 4 heteroatoms. The summed E-state index contributed by atoms with van der Waals surface area (Å²) in [5.41, 5.74) is 1.79. The van der Waals surface area contributed by atoms with Crippen molar-refractivity contribution in [3.63, 3.8) is 0 Å². The first kappa shape index (κ1) is 11.1. The largest absolute Gasteiger partial charge is 0.394 e. The molecule has 0 amide bonds. The molecule has 1 heterocycles. The Labute approximate surface area is 93.4 Å². The molecule has 0 spiro atoms. The van der Waals surface area contributed by atoms with Crippen molar-refractivity contribution in [1.82, 2.24) is 4.57 Å². The zero-order valence-corrected chi connectivity index (χ0v) is 8.87. The third-order valence-corrected chi connectivity index (χ3v) is 2.66. The van der Waals surface area contributed by atoms with Crippen molar-refractivity contribution in [2.24, 2.45) is 0 Å².